The van der Waals surface area contributed by atoms with Crippen molar-refractivity contribution in [2.24, 2.45) is 4.99 Å². The molecule has 0 saturated carbocycles. The quantitative estimate of drug-likeness (QED) is 0.336. The number of nitrogens with one attached hydrogen (secondary N) is 1. The lowest BCUT2D eigenvalue weighted by molar-refractivity contribution is -0.384. The number of aliphatic imine (C=N–C) groups is 1. The van der Waals surface area contributed by atoms with Crippen LogP contribution in [0.1, 0.15) is 16.7 Å². The van der Waals surface area contributed by atoms with E-state index in [1.807, 2.05) is 12.1 Å². The normalized spacial score (nSPS) is 11.3. The molecule has 28 heavy (non-hydrogen) atoms. The van der Waals surface area contributed by atoms with E-state index in [2.05, 4.69) is 16.0 Å². The molecule has 0 aliphatic carbocycles. The fourth-order valence-corrected chi connectivity index (χ4v) is 3.21. The van der Waals surface area contributed by atoms with Gasteiger partial charge in [-0.1, -0.05) is 24.3 Å². The largest absolute Gasteiger partial charge is 0.338 e. The molecule has 8 heteroatoms. The summed E-state index contributed by atoms with van der Waals surface area (Å²) in [5.41, 5.74) is 2.38. The van der Waals surface area contributed by atoms with Gasteiger partial charge in [0.15, 0.2) is 0 Å². The molecule has 0 radical (unpaired) electrons. The minimum atomic E-state index is -0.532. The number of pyridine rings is 1. The zero-order valence-electron chi connectivity index (χ0n) is 14.7. The Bertz CT molecular complexity index is 1390. The van der Waals surface area contributed by atoms with Gasteiger partial charge in [-0.05, 0) is 30.7 Å². The molecule has 0 spiro atoms. The monoisotopic (exact) mass is 371 g/mol. The van der Waals surface area contributed by atoms with Crippen LogP contribution >= 0.6 is 0 Å². The van der Waals surface area contributed by atoms with Gasteiger partial charge in [-0.2, -0.15) is 5.26 Å². The molecule has 0 fully saturated rings. The van der Waals surface area contributed by atoms with Crippen LogP contribution in [-0.4, -0.2) is 20.5 Å². The predicted octanol–water partition coefficient (Wildman–Crippen LogP) is 3.62. The number of nitro benzene ring substituents is 1. The van der Waals surface area contributed by atoms with Crippen molar-refractivity contribution in [1.82, 2.24) is 9.38 Å². The van der Waals surface area contributed by atoms with Gasteiger partial charge in [0.05, 0.1) is 27.1 Å². The number of fused-ring (bicyclic) bond motifs is 3. The maximum Gasteiger partial charge on any atom is 0.294 e. The highest BCUT2D eigenvalue weighted by atomic mass is 16.6. The number of aromatic nitrogens is 2. The third-order valence-electron chi connectivity index (χ3n) is 4.59. The van der Waals surface area contributed by atoms with Gasteiger partial charge in [0.1, 0.15) is 17.4 Å². The number of benzene rings is 2. The van der Waals surface area contributed by atoms with Crippen LogP contribution in [-0.2, 0) is 0 Å². The maximum atomic E-state index is 13.1. The molecule has 0 amide bonds. The number of rotatable bonds is 3. The number of nitrogens with zero attached hydrogens (tertiary/aromatic N) is 4. The highest BCUT2D eigenvalue weighted by molar-refractivity contribution is 5.89. The lowest BCUT2D eigenvalue weighted by atomic mass is 10.1. The van der Waals surface area contributed by atoms with E-state index in [0.29, 0.717) is 22.3 Å². The van der Waals surface area contributed by atoms with Crippen LogP contribution in [0.25, 0.3) is 16.7 Å². The molecule has 2 heterocycles. The summed E-state index contributed by atoms with van der Waals surface area (Å²) in [7, 11) is 0. The van der Waals surface area contributed by atoms with Gasteiger partial charge in [0.25, 0.3) is 11.2 Å². The van der Waals surface area contributed by atoms with E-state index in [4.69, 9.17) is 0 Å². The number of nitriles is 1. The van der Waals surface area contributed by atoms with Gasteiger partial charge in [0, 0.05) is 12.3 Å². The number of para-hydroxylation sites is 4. The van der Waals surface area contributed by atoms with Crippen LogP contribution in [0.15, 0.2) is 58.3 Å². The molecule has 0 bridgehead atoms. The Kier molecular flexibility index (Phi) is 3.98. The molecule has 4 rings (SSSR count). The van der Waals surface area contributed by atoms with Crippen molar-refractivity contribution < 1.29 is 4.92 Å². The summed E-state index contributed by atoms with van der Waals surface area (Å²) in [6.07, 6.45) is 1.29. The number of hydrogen-bond acceptors (Lipinski definition) is 5. The molecular formula is C20H13N5O3. The van der Waals surface area contributed by atoms with Crippen LogP contribution in [0, 0.1) is 28.4 Å². The topological polar surface area (TPSA) is 117 Å². The average Bonchev–Trinajstić information content (AvgIpc) is 3.07. The van der Waals surface area contributed by atoms with Gasteiger partial charge in [-0.25, -0.2) is 4.99 Å². The van der Waals surface area contributed by atoms with Crippen molar-refractivity contribution in [1.29, 1.82) is 5.26 Å². The molecule has 4 aromatic rings. The Labute approximate surface area is 158 Å². The van der Waals surface area contributed by atoms with E-state index in [1.165, 1.54) is 22.7 Å². The van der Waals surface area contributed by atoms with Crippen LogP contribution < -0.4 is 5.56 Å². The maximum absolute atomic E-state index is 13.1. The Balaban J connectivity index is 2.01. The van der Waals surface area contributed by atoms with E-state index in [1.54, 1.807) is 31.2 Å². The van der Waals surface area contributed by atoms with Crippen molar-refractivity contribution in [2.75, 3.05) is 0 Å². The molecular weight excluding hydrogens is 358 g/mol. The van der Waals surface area contributed by atoms with Gasteiger partial charge in [-0.15, -0.1) is 0 Å². The van der Waals surface area contributed by atoms with E-state index < -0.39 is 4.92 Å². The lowest BCUT2D eigenvalue weighted by Crippen LogP contribution is -2.20. The fourth-order valence-electron chi connectivity index (χ4n) is 3.21. The molecule has 2 aromatic carbocycles. The minimum Gasteiger partial charge on any atom is -0.338 e. The number of H-pyrrole nitrogens is 1. The van der Waals surface area contributed by atoms with Crippen LogP contribution in [0.4, 0.5) is 11.4 Å². The summed E-state index contributed by atoms with van der Waals surface area (Å²) in [4.78, 5) is 31.1. The highest BCUT2D eigenvalue weighted by Gasteiger charge is 2.18. The van der Waals surface area contributed by atoms with Crippen molar-refractivity contribution in [3.63, 3.8) is 0 Å². The summed E-state index contributed by atoms with van der Waals surface area (Å²) in [6, 6.07) is 15.4. The summed E-state index contributed by atoms with van der Waals surface area (Å²) >= 11 is 0. The van der Waals surface area contributed by atoms with Gasteiger partial charge >= 0.3 is 0 Å². The van der Waals surface area contributed by atoms with Crippen molar-refractivity contribution in [3.05, 3.63) is 85.7 Å². The molecule has 0 atom stereocenters. The van der Waals surface area contributed by atoms with E-state index in [9.17, 15) is 20.2 Å². The molecule has 2 aromatic heterocycles. The minimum absolute atomic E-state index is 0.133. The number of hydrogen-bond donors (Lipinski definition) is 1. The van der Waals surface area contributed by atoms with E-state index >= 15 is 0 Å². The molecule has 1 N–H and O–H groups in total. The van der Waals surface area contributed by atoms with Crippen molar-refractivity contribution >= 4 is 34.3 Å². The summed E-state index contributed by atoms with van der Waals surface area (Å²) in [6.45, 7) is 1.66. The molecule has 136 valence electrons. The smallest absolute Gasteiger partial charge is 0.294 e. The Morgan fingerprint density at radius 3 is 2.68 bits per heavy atom. The Hall–Kier alpha value is -4.25. The summed E-state index contributed by atoms with van der Waals surface area (Å²) < 4.78 is 1.43. The SMILES string of the molecule is Cc1c(C=Nc2ccccc2[N+](=O)[O-])c(=O)n2c([nH]c3ccccc32)c1C#N. The van der Waals surface area contributed by atoms with Crippen molar-refractivity contribution in [2.45, 2.75) is 6.92 Å². The lowest BCUT2D eigenvalue weighted by Gasteiger charge is -2.05. The van der Waals surface area contributed by atoms with Gasteiger partial charge in [0.2, 0.25) is 0 Å². The first-order chi connectivity index (χ1) is 13.5. The summed E-state index contributed by atoms with van der Waals surface area (Å²) in [5, 5.41) is 20.8. The molecule has 8 nitrogen and oxygen atoms in total. The Morgan fingerprint density at radius 2 is 1.93 bits per heavy atom. The van der Waals surface area contributed by atoms with Crippen LogP contribution in [0.2, 0.25) is 0 Å². The predicted molar refractivity (Wildman–Crippen MR) is 105 cm³/mol. The van der Waals surface area contributed by atoms with Crippen LogP contribution in [0.3, 0.4) is 0 Å². The third kappa shape index (κ3) is 2.54. The Morgan fingerprint density at radius 1 is 1.21 bits per heavy atom. The first-order valence-electron chi connectivity index (χ1n) is 8.36. The standard InChI is InChI=1S/C20H13N5O3/c1-12-13(10-21)19-23-16-7-3-4-8-17(16)24(19)20(26)14(12)11-22-15-6-2-5-9-18(15)25(27)28/h2-9,11,23H,1H3. The number of aromatic amines is 1. The van der Waals surface area contributed by atoms with Crippen molar-refractivity contribution in [3.8, 4) is 6.07 Å². The van der Waals surface area contributed by atoms with E-state index in [-0.39, 0.29) is 22.5 Å². The number of imidazole rings is 1. The third-order valence-corrected chi connectivity index (χ3v) is 4.59. The molecule has 0 unspecified atom stereocenters. The number of nitro groups is 1. The first-order valence-corrected chi connectivity index (χ1v) is 8.36. The van der Waals surface area contributed by atoms with E-state index in [0.717, 1.165) is 5.52 Å². The zero-order valence-corrected chi connectivity index (χ0v) is 14.7. The molecule has 0 aliphatic rings. The average molecular weight is 371 g/mol. The molecule has 0 aliphatic heterocycles. The second-order valence-corrected chi connectivity index (χ2v) is 6.16. The first kappa shape index (κ1) is 17.2. The second-order valence-electron chi connectivity index (χ2n) is 6.16. The second kappa shape index (κ2) is 6.48. The highest BCUT2D eigenvalue weighted by Crippen LogP contribution is 2.26. The van der Waals surface area contributed by atoms with Gasteiger partial charge < -0.3 is 4.98 Å². The zero-order chi connectivity index (χ0) is 19.8. The van der Waals surface area contributed by atoms with Gasteiger partial charge in [-0.3, -0.25) is 19.3 Å². The van der Waals surface area contributed by atoms with Crippen LogP contribution in [0.5, 0.6) is 0 Å². The molecule has 0 saturated heterocycles. The summed E-state index contributed by atoms with van der Waals surface area (Å²) in [5.74, 6) is 0. The fraction of sp³-hybridized carbons (Fsp3) is 0.0500.